The molecule has 3 nitrogen and oxygen atoms in total. The van der Waals surface area contributed by atoms with Gasteiger partial charge in [-0.25, -0.2) is 0 Å². The highest BCUT2D eigenvalue weighted by Gasteiger charge is 2.06. The highest BCUT2D eigenvalue weighted by molar-refractivity contribution is 5.34. The molecule has 0 aromatic rings. The number of allylic oxidation sites excluding steroid dienone is 3. The lowest BCUT2D eigenvalue weighted by Crippen LogP contribution is -2.19. The summed E-state index contributed by atoms with van der Waals surface area (Å²) in [5.74, 6) is 0.988. The highest BCUT2D eigenvalue weighted by atomic mass is 16.5. The Morgan fingerprint density at radius 2 is 2.43 bits per heavy atom. The minimum Gasteiger partial charge on any atom is -0.499 e. The van der Waals surface area contributed by atoms with Gasteiger partial charge in [0.1, 0.15) is 5.76 Å². The number of hydrogen-bond acceptors (Lipinski definition) is 3. The summed E-state index contributed by atoms with van der Waals surface area (Å²) in [4.78, 5) is 2.10. The molecule has 0 saturated heterocycles. The van der Waals surface area contributed by atoms with Gasteiger partial charge in [0, 0.05) is 13.2 Å². The third kappa shape index (κ3) is 3.26. The van der Waals surface area contributed by atoms with Crippen LogP contribution in [0.2, 0.25) is 0 Å². The molecule has 1 rings (SSSR count). The molecule has 0 aromatic heterocycles. The maximum Gasteiger partial charge on any atom is 0.115 e. The molecule has 0 radical (unpaired) electrons. The fraction of sp³-hybridized carbons (Fsp3) is 0.455. The van der Waals surface area contributed by atoms with E-state index in [9.17, 15) is 0 Å². The zero-order chi connectivity index (χ0) is 10.4. The summed E-state index contributed by atoms with van der Waals surface area (Å²) in [6, 6.07) is 0. The van der Waals surface area contributed by atoms with Crippen molar-refractivity contribution in [2.45, 2.75) is 6.42 Å². The molecule has 0 bridgehead atoms. The minimum atomic E-state index is 0.695. The largest absolute Gasteiger partial charge is 0.499 e. The van der Waals surface area contributed by atoms with Crippen LogP contribution in [0.3, 0.4) is 0 Å². The number of likely N-dealkylation sites (N-methyl/N-ethyl adjacent to an activating group) is 1. The number of rotatable bonds is 4. The summed E-state index contributed by atoms with van der Waals surface area (Å²) < 4.78 is 5.22. The number of nitrogens with zero attached hydrogens (tertiary/aromatic N) is 1. The highest BCUT2D eigenvalue weighted by Crippen LogP contribution is 2.13. The van der Waals surface area contributed by atoms with Crippen LogP contribution >= 0.6 is 0 Å². The average Bonchev–Trinajstić information content (AvgIpc) is 2.17. The molecule has 3 heteroatoms. The zero-order valence-electron chi connectivity index (χ0n) is 8.86. The van der Waals surface area contributed by atoms with Crippen molar-refractivity contribution in [3.05, 3.63) is 35.8 Å². The van der Waals surface area contributed by atoms with E-state index in [4.69, 9.17) is 10.5 Å². The van der Waals surface area contributed by atoms with E-state index in [2.05, 4.69) is 23.3 Å². The summed E-state index contributed by atoms with van der Waals surface area (Å²) >= 11 is 0. The number of ether oxygens (including phenoxy) is 1. The van der Waals surface area contributed by atoms with Crippen molar-refractivity contribution in [3.8, 4) is 0 Å². The van der Waals surface area contributed by atoms with E-state index in [0.717, 1.165) is 24.3 Å². The maximum absolute atomic E-state index is 5.40. The maximum atomic E-state index is 5.40. The van der Waals surface area contributed by atoms with Crippen molar-refractivity contribution >= 4 is 0 Å². The summed E-state index contributed by atoms with van der Waals surface area (Å²) in [5.41, 5.74) is 6.56. The van der Waals surface area contributed by atoms with Gasteiger partial charge in [-0.2, -0.15) is 0 Å². The molecule has 78 valence electrons. The van der Waals surface area contributed by atoms with Gasteiger partial charge in [0.15, 0.2) is 0 Å². The van der Waals surface area contributed by atoms with E-state index >= 15 is 0 Å². The lowest BCUT2D eigenvalue weighted by Gasteiger charge is -2.21. The van der Waals surface area contributed by atoms with Crippen LogP contribution in [-0.2, 0) is 4.74 Å². The van der Waals surface area contributed by atoms with Gasteiger partial charge in [0.25, 0.3) is 0 Å². The monoisotopic (exact) mass is 194 g/mol. The zero-order valence-corrected chi connectivity index (χ0v) is 8.86. The Hall–Kier alpha value is -1.22. The van der Waals surface area contributed by atoms with Gasteiger partial charge in [0.05, 0.1) is 13.7 Å². The molecule has 1 aliphatic rings. The summed E-state index contributed by atoms with van der Waals surface area (Å²) in [7, 11) is 3.73. The molecule has 1 heterocycles. The van der Waals surface area contributed by atoms with E-state index in [1.54, 1.807) is 7.11 Å². The normalized spacial score (nSPS) is 16.9. The fourth-order valence-corrected chi connectivity index (χ4v) is 1.34. The van der Waals surface area contributed by atoms with Gasteiger partial charge in [-0.3, -0.25) is 0 Å². The fourth-order valence-electron chi connectivity index (χ4n) is 1.34. The van der Waals surface area contributed by atoms with Gasteiger partial charge >= 0.3 is 0 Å². The molecular formula is C11H18N2O. The van der Waals surface area contributed by atoms with Crippen molar-refractivity contribution in [3.63, 3.8) is 0 Å². The Labute approximate surface area is 85.5 Å². The molecule has 0 aliphatic carbocycles. The molecule has 0 aromatic carbocycles. The lowest BCUT2D eigenvalue weighted by molar-refractivity contribution is 0.253. The summed E-state index contributed by atoms with van der Waals surface area (Å²) in [6.45, 7) is 1.53. The van der Waals surface area contributed by atoms with Crippen molar-refractivity contribution in [2.75, 3.05) is 27.2 Å². The standard InChI is InChI=1S/C11H18N2O/c1-13-8-10(5-3-4-6-12)7-11(9-13)14-2/h3,5,7-8H,4,6,9,12H2,1-2H3/b5-3+. The van der Waals surface area contributed by atoms with E-state index in [-0.39, 0.29) is 0 Å². The smallest absolute Gasteiger partial charge is 0.115 e. The van der Waals surface area contributed by atoms with Crippen molar-refractivity contribution < 1.29 is 4.74 Å². The second-order valence-corrected chi connectivity index (χ2v) is 3.34. The lowest BCUT2D eigenvalue weighted by atomic mass is 10.1. The van der Waals surface area contributed by atoms with Crippen molar-refractivity contribution in [1.82, 2.24) is 4.90 Å². The van der Waals surface area contributed by atoms with Crippen LogP contribution in [-0.4, -0.2) is 32.1 Å². The molecule has 0 fully saturated rings. The first-order chi connectivity index (χ1) is 6.76. The van der Waals surface area contributed by atoms with E-state index in [0.29, 0.717) is 6.54 Å². The second-order valence-electron chi connectivity index (χ2n) is 3.34. The van der Waals surface area contributed by atoms with E-state index in [1.165, 1.54) is 0 Å². The second kappa shape index (κ2) is 5.50. The van der Waals surface area contributed by atoms with Crippen molar-refractivity contribution in [2.24, 2.45) is 5.73 Å². The van der Waals surface area contributed by atoms with Crippen LogP contribution in [0, 0.1) is 0 Å². The Balaban J connectivity index is 2.62. The van der Waals surface area contributed by atoms with Gasteiger partial charge in [0.2, 0.25) is 0 Å². The Bertz CT molecular complexity index is 266. The van der Waals surface area contributed by atoms with Gasteiger partial charge < -0.3 is 15.4 Å². The van der Waals surface area contributed by atoms with Crippen LogP contribution in [0.25, 0.3) is 0 Å². The molecule has 1 aliphatic heterocycles. The quantitative estimate of drug-likeness (QED) is 0.732. The average molecular weight is 194 g/mol. The minimum absolute atomic E-state index is 0.695. The Morgan fingerprint density at radius 3 is 3.07 bits per heavy atom. The van der Waals surface area contributed by atoms with Crippen molar-refractivity contribution in [1.29, 1.82) is 0 Å². The van der Waals surface area contributed by atoms with E-state index in [1.807, 2.05) is 13.1 Å². The molecule has 0 spiro atoms. The molecule has 0 saturated carbocycles. The number of hydrogen-bond donors (Lipinski definition) is 1. The Kier molecular flexibility index (Phi) is 4.26. The molecule has 0 amide bonds. The molecule has 0 atom stereocenters. The first-order valence-electron chi connectivity index (χ1n) is 4.79. The van der Waals surface area contributed by atoms with Gasteiger partial charge in [-0.05, 0) is 24.6 Å². The number of methoxy groups -OCH3 is 1. The van der Waals surface area contributed by atoms with Gasteiger partial charge in [-0.1, -0.05) is 12.2 Å². The van der Waals surface area contributed by atoms with Crippen LogP contribution in [0.5, 0.6) is 0 Å². The Morgan fingerprint density at radius 1 is 1.64 bits per heavy atom. The molecule has 2 N–H and O–H groups in total. The molecular weight excluding hydrogens is 176 g/mol. The van der Waals surface area contributed by atoms with E-state index < -0.39 is 0 Å². The first-order valence-corrected chi connectivity index (χ1v) is 4.79. The predicted molar refractivity (Wildman–Crippen MR) is 58.6 cm³/mol. The third-order valence-corrected chi connectivity index (χ3v) is 2.01. The molecule has 0 unspecified atom stereocenters. The van der Waals surface area contributed by atoms with Crippen LogP contribution in [0.15, 0.2) is 35.8 Å². The topological polar surface area (TPSA) is 38.5 Å². The van der Waals surface area contributed by atoms with Gasteiger partial charge in [-0.15, -0.1) is 0 Å². The van der Waals surface area contributed by atoms with Crippen LogP contribution in [0.4, 0.5) is 0 Å². The number of nitrogens with two attached hydrogens (primary N) is 1. The SMILES string of the molecule is COC1=CC(/C=C/CCN)=CN(C)C1. The van der Waals surface area contributed by atoms with Crippen LogP contribution in [0.1, 0.15) is 6.42 Å². The predicted octanol–water partition coefficient (Wildman–Crippen LogP) is 1.25. The third-order valence-electron chi connectivity index (χ3n) is 2.01. The summed E-state index contributed by atoms with van der Waals surface area (Å²) in [6.07, 6.45) is 9.20. The summed E-state index contributed by atoms with van der Waals surface area (Å²) in [5, 5.41) is 0. The van der Waals surface area contributed by atoms with Crippen LogP contribution < -0.4 is 5.73 Å². The molecule has 14 heavy (non-hydrogen) atoms. The first kappa shape index (κ1) is 10.9.